The molecule has 1 N–H and O–H groups in total. The first kappa shape index (κ1) is 17.0. The van der Waals surface area contributed by atoms with Crippen LogP contribution in [0.3, 0.4) is 0 Å². The standard InChI is InChI=1S/C19H15N5O2/c1-2-24-19(26)16-6-4-3-5-15(16)17(23-24)18(25)22-21-12-14-9-7-13(11-20)8-10-14/h3-10,12H,2H2,1H3,(H,22,25)/b21-12-. The maximum atomic E-state index is 12.5. The molecule has 3 aromatic rings. The van der Waals surface area contributed by atoms with Gasteiger partial charge in [-0.25, -0.2) is 10.1 Å². The number of benzene rings is 2. The number of nitrogens with one attached hydrogen (secondary N) is 1. The van der Waals surface area contributed by atoms with Gasteiger partial charge >= 0.3 is 0 Å². The smallest absolute Gasteiger partial charge is 0.267 e. The summed E-state index contributed by atoms with van der Waals surface area (Å²) in [5, 5.41) is 17.8. The van der Waals surface area contributed by atoms with Gasteiger partial charge in [0.1, 0.15) is 0 Å². The molecule has 26 heavy (non-hydrogen) atoms. The lowest BCUT2D eigenvalue weighted by Crippen LogP contribution is -2.28. The Bertz CT molecular complexity index is 1090. The number of fused-ring (bicyclic) bond motifs is 1. The van der Waals surface area contributed by atoms with Crippen LogP contribution in [0, 0.1) is 11.3 Å². The molecule has 0 saturated heterocycles. The summed E-state index contributed by atoms with van der Waals surface area (Å²) in [6, 6.07) is 15.6. The van der Waals surface area contributed by atoms with Gasteiger partial charge in [0.25, 0.3) is 11.5 Å². The van der Waals surface area contributed by atoms with Gasteiger partial charge in [-0.05, 0) is 30.7 Å². The van der Waals surface area contributed by atoms with E-state index < -0.39 is 5.91 Å². The second-order valence-electron chi connectivity index (χ2n) is 5.45. The predicted molar refractivity (Wildman–Crippen MR) is 97.9 cm³/mol. The Morgan fingerprint density at radius 1 is 1.23 bits per heavy atom. The molecular formula is C19H15N5O2. The van der Waals surface area contributed by atoms with Crippen LogP contribution >= 0.6 is 0 Å². The second-order valence-corrected chi connectivity index (χ2v) is 5.45. The minimum atomic E-state index is -0.506. The van der Waals surface area contributed by atoms with Crippen LogP contribution in [0.1, 0.15) is 28.5 Å². The Hall–Kier alpha value is -3.79. The number of carbonyl (C=O) groups is 1. The van der Waals surface area contributed by atoms with Gasteiger partial charge in [0.15, 0.2) is 5.69 Å². The van der Waals surface area contributed by atoms with Crippen molar-refractivity contribution < 1.29 is 4.79 Å². The average molecular weight is 345 g/mol. The summed E-state index contributed by atoms with van der Waals surface area (Å²) in [4.78, 5) is 24.8. The highest BCUT2D eigenvalue weighted by molar-refractivity contribution is 6.04. The molecule has 0 radical (unpaired) electrons. The van der Waals surface area contributed by atoms with Gasteiger partial charge in [0.05, 0.1) is 23.2 Å². The van der Waals surface area contributed by atoms with E-state index >= 15 is 0 Å². The zero-order chi connectivity index (χ0) is 18.5. The van der Waals surface area contributed by atoms with Crippen LogP contribution in [0.2, 0.25) is 0 Å². The lowest BCUT2D eigenvalue weighted by atomic mass is 10.1. The first-order valence-corrected chi connectivity index (χ1v) is 7.97. The van der Waals surface area contributed by atoms with Gasteiger partial charge in [0, 0.05) is 11.9 Å². The molecule has 0 bridgehead atoms. The molecule has 0 spiro atoms. The van der Waals surface area contributed by atoms with Crippen molar-refractivity contribution in [2.45, 2.75) is 13.5 Å². The molecule has 3 rings (SSSR count). The third-order valence-corrected chi connectivity index (χ3v) is 3.80. The molecule has 0 aliphatic heterocycles. The number of rotatable bonds is 4. The molecule has 0 unspecified atom stereocenters. The summed E-state index contributed by atoms with van der Waals surface area (Å²) in [7, 11) is 0. The van der Waals surface area contributed by atoms with E-state index in [9.17, 15) is 9.59 Å². The summed E-state index contributed by atoms with van der Waals surface area (Å²) in [6.07, 6.45) is 1.47. The molecule has 0 atom stereocenters. The molecule has 7 heteroatoms. The number of nitrogens with zero attached hydrogens (tertiary/aromatic N) is 4. The molecule has 0 aliphatic carbocycles. The van der Waals surface area contributed by atoms with Gasteiger partial charge in [-0.3, -0.25) is 9.59 Å². The third-order valence-electron chi connectivity index (χ3n) is 3.80. The minimum Gasteiger partial charge on any atom is -0.267 e. The van der Waals surface area contributed by atoms with Gasteiger partial charge in [-0.15, -0.1) is 0 Å². The van der Waals surface area contributed by atoms with Crippen molar-refractivity contribution in [3.05, 3.63) is 75.7 Å². The predicted octanol–water partition coefficient (Wildman–Crippen LogP) is 2.05. The highest BCUT2D eigenvalue weighted by atomic mass is 16.2. The topological polar surface area (TPSA) is 100 Å². The number of aryl methyl sites for hydroxylation is 1. The van der Waals surface area contributed by atoms with Crippen LogP contribution in [0.4, 0.5) is 0 Å². The first-order chi connectivity index (χ1) is 12.6. The summed E-state index contributed by atoms with van der Waals surface area (Å²) in [6.45, 7) is 2.15. The van der Waals surface area contributed by atoms with Crippen LogP contribution in [0.5, 0.6) is 0 Å². The van der Waals surface area contributed by atoms with Crippen molar-refractivity contribution in [3.8, 4) is 6.07 Å². The van der Waals surface area contributed by atoms with Crippen LogP contribution in [0.25, 0.3) is 10.8 Å². The second kappa shape index (κ2) is 7.40. The van der Waals surface area contributed by atoms with Gasteiger partial charge < -0.3 is 0 Å². The molecule has 1 aromatic heterocycles. The Labute approximate surface area is 149 Å². The quantitative estimate of drug-likeness (QED) is 0.578. The van der Waals surface area contributed by atoms with E-state index in [0.29, 0.717) is 22.9 Å². The van der Waals surface area contributed by atoms with Gasteiger partial charge in [0.2, 0.25) is 0 Å². The summed E-state index contributed by atoms with van der Waals surface area (Å²) in [5.74, 6) is -0.506. The lowest BCUT2D eigenvalue weighted by molar-refractivity contribution is 0.0949. The zero-order valence-electron chi connectivity index (χ0n) is 14.0. The fourth-order valence-electron chi connectivity index (χ4n) is 2.48. The Morgan fingerprint density at radius 2 is 1.92 bits per heavy atom. The minimum absolute atomic E-state index is 0.138. The molecular weight excluding hydrogens is 330 g/mol. The van der Waals surface area contributed by atoms with Crippen LogP contribution < -0.4 is 11.0 Å². The van der Waals surface area contributed by atoms with E-state index in [2.05, 4.69) is 15.6 Å². The first-order valence-electron chi connectivity index (χ1n) is 7.97. The number of hydrazone groups is 1. The van der Waals surface area contributed by atoms with E-state index in [1.807, 2.05) is 6.07 Å². The SMILES string of the molecule is CCn1nc(C(=O)N/N=C\c2ccc(C#N)cc2)c2ccccc2c1=O. The fourth-order valence-corrected chi connectivity index (χ4v) is 2.48. The van der Waals surface area contributed by atoms with Crippen molar-refractivity contribution in [2.75, 3.05) is 0 Å². The Balaban J connectivity index is 1.88. The summed E-state index contributed by atoms with van der Waals surface area (Å²) < 4.78 is 1.25. The molecule has 0 aliphatic rings. The molecule has 0 saturated carbocycles. The molecule has 7 nitrogen and oxygen atoms in total. The van der Waals surface area contributed by atoms with Crippen molar-refractivity contribution in [2.24, 2.45) is 5.10 Å². The van der Waals surface area contributed by atoms with Gasteiger partial charge in [-0.2, -0.15) is 15.5 Å². The monoisotopic (exact) mass is 345 g/mol. The Kier molecular flexibility index (Phi) is 4.85. The molecule has 1 amide bonds. The maximum Gasteiger partial charge on any atom is 0.292 e. The van der Waals surface area contributed by atoms with Crippen LogP contribution in [-0.4, -0.2) is 21.9 Å². The molecule has 0 fully saturated rings. The number of nitriles is 1. The highest BCUT2D eigenvalue weighted by Crippen LogP contribution is 2.13. The summed E-state index contributed by atoms with van der Waals surface area (Å²) >= 11 is 0. The van der Waals surface area contributed by atoms with Crippen molar-refractivity contribution in [1.29, 1.82) is 5.26 Å². The average Bonchev–Trinajstić information content (AvgIpc) is 2.69. The number of amides is 1. The largest absolute Gasteiger partial charge is 0.292 e. The lowest BCUT2D eigenvalue weighted by Gasteiger charge is -2.08. The van der Waals surface area contributed by atoms with E-state index in [1.165, 1.54) is 10.9 Å². The number of carbonyl (C=O) groups excluding carboxylic acids is 1. The van der Waals surface area contributed by atoms with E-state index in [-0.39, 0.29) is 11.3 Å². The normalized spacial score (nSPS) is 10.8. The highest BCUT2D eigenvalue weighted by Gasteiger charge is 2.15. The molecule has 128 valence electrons. The Morgan fingerprint density at radius 3 is 2.58 bits per heavy atom. The number of aromatic nitrogens is 2. The number of hydrogen-bond donors (Lipinski definition) is 1. The molecule has 2 aromatic carbocycles. The molecule has 1 heterocycles. The van der Waals surface area contributed by atoms with Gasteiger partial charge in [-0.1, -0.05) is 30.3 Å². The van der Waals surface area contributed by atoms with Crippen molar-refractivity contribution >= 4 is 22.9 Å². The van der Waals surface area contributed by atoms with Crippen molar-refractivity contribution in [1.82, 2.24) is 15.2 Å². The number of hydrogen-bond acceptors (Lipinski definition) is 5. The van der Waals surface area contributed by atoms with E-state index in [1.54, 1.807) is 55.5 Å². The summed E-state index contributed by atoms with van der Waals surface area (Å²) in [5.41, 5.74) is 3.61. The van der Waals surface area contributed by atoms with E-state index in [4.69, 9.17) is 5.26 Å². The fraction of sp³-hybridized carbons (Fsp3) is 0.105. The van der Waals surface area contributed by atoms with Crippen LogP contribution in [0.15, 0.2) is 58.4 Å². The van der Waals surface area contributed by atoms with Crippen LogP contribution in [-0.2, 0) is 6.54 Å². The van der Waals surface area contributed by atoms with Crippen molar-refractivity contribution in [3.63, 3.8) is 0 Å². The maximum absolute atomic E-state index is 12.5. The third kappa shape index (κ3) is 3.35. The van der Waals surface area contributed by atoms with E-state index in [0.717, 1.165) is 5.56 Å². The zero-order valence-corrected chi connectivity index (χ0v) is 14.0.